The number of ketones is 1. The number of allylic oxidation sites excluding steroid dienone is 1. The molecule has 0 heterocycles. The van der Waals surface area contributed by atoms with Crippen molar-refractivity contribution in [1.82, 2.24) is 0 Å². The Morgan fingerprint density at radius 1 is 0.871 bits per heavy atom. The first-order chi connectivity index (χ1) is 14.8. The summed E-state index contributed by atoms with van der Waals surface area (Å²) in [4.78, 5) is 12.4. The van der Waals surface area contributed by atoms with Crippen LogP contribution < -0.4 is 13.7 Å². The molecule has 0 aliphatic carbocycles. The van der Waals surface area contributed by atoms with Gasteiger partial charge in [-0.1, -0.05) is 11.6 Å². The van der Waals surface area contributed by atoms with Gasteiger partial charge in [0.2, 0.25) is 0 Å². The molecule has 31 heavy (non-hydrogen) atoms. The SMILES string of the molecule is COc1ccc(C=CC(=O)c2ccc(OS(=O)(=O)c3ccc(Cl)cc3)cc2)c(OC)c1. The predicted octanol–water partition coefficient (Wildman–Crippen LogP) is 5.02. The highest BCUT2D eigenvalue weighted by Crippen LogP contribution is 2.26. The molecule has 0 aliphatic heterocycles. The molecule has 0 fully saturated rings. The summed E-state index contributed by atoms with van der Waals surface area (Å²) in [7, 11) is -0.915. The van der Waals surface area contributed by atoms with Crippen molar-refractivity contribution in [2.45, 2.75) is 4.90 Å². The normalized spacial score (nSPS) is 11.3. The van der Waals surface area contributed by atoms with Crippen LogP contribution in [0.1, 0.15) is 15.9 Å². The third-order valence-electron chi connectivity index (χ3n) is 4.30. The van der Waals surface area contributed by atoms with Gasteiger partial charge in [0.25, 0.3) is 0 Å². The van der Waals surface area contributed by atoms with Gasteiger partial charge >= 0.3 is 10.1 Å². The smallest absolute Gasteiger partial charge is 0.339 e. The van der Waals surface area contributed by atoms with Crippen LogP contribution in [0.25, 0.3) is 6.08 Å². The first-order valence-electron chi connectivity index (χ1n) is 9.07. The fourth-order valence-electron chi connectivity index (χ4n) is 2.67. The second-order valence-electron chi connectivity index (χ2n) is 6.32. The number of carbonyl (C=O) groups excluding carboxylic acids is 1. The molecule has 0 aliphatic rings. The Labute approximate surface area is 185 Å². The summed E-state index contributed by atoms with van der Waals surface area (Å²) in [6.07, 6.45) is 3.04. The average Bonchev–Trinajstić information content (AvgIpc) is 2.77. The Balaban J connectivity index is 1.72. The van der Waals surface area contributed by atoms with Gasteiger partial charge in [0.1, 0.15) is 22.1 Å². The monoisotopic (exact) mass is 458 g/mol. The summed E-state index contributed by atoms with van der Waals surface area (Å²) in [5.41, 5.74) is 1.09. The van der Waals surface area contributed by atoms with Crippen molar-refractivity contribution in [3.05, 3.63) is 89.0 Å². The van der Waals surface area contributed by atoms with E-state index in [1.807, 2.05) is 0 Å². The lowest BCUT2D eigenvalue weighted by atomic mass is 10.1. The van der Waals surface area contributed by atoms with Crippen LogP contribution in [0.5, 0.6) is 17.2 Å². The van der Waals surface area contributed by atoms with E-state index in [1.165, 1.54) is 61.7 Å². The number of benzene rings is 3. The number of methoxy groups -OCH3 is 2. The Bertz CT molecular complexity index is 1200. The van der Waals surface area contributed by atoms with Crippen LogP contribution in [-0.4, -0.2) is 28.4 Å². The average molecular weight is 459 g/mol. The summed E-state index contributed by atoms with van der Waals surface area (Å²) < 4.78 is 40.2. The van der Waals surface area contributed by atoms with Crippen LogP contribution in [0.3, 0.4) is 0 Å². The number of rotatable bonds is 8. The maximum atomic E-state index is 12.5. The largest absolute Gasteiger partial charge is 0.497 e. The molecule has 0 saturated carbocycles. The van der Waals surface area contributed by atoms with Gasteiger partial charge in [-0.25, -0.2) is 0 Å². The quantitative estimate of drug-likeness (QED) is 0.268. The van der Waals surface area contributed by atoms with E-state index in [2.05, 4.69) is 0 Å². The maximum absolute atomic E-state index is 12.5. The minimum Gasteiger partial charge on any atom is -0.497 e. The van der Waals surface area contributed by atoms with Gasteiger partial charge in [-0.05, 0) is 72.8 Å². The number of carbonyl (C=O) groups is 1. The molecule has 0 radical (unpaired) electrons. The van der Waals surface area contributed by atoms with E-state index >= 15 is 0 Å². The highest BCUT2D eigenvalue weighted by atomic mass is 35.5. The van der Waals surface area contributed by atoms with E-state index in [-0.39, 0.29) is 16.4 Å². The molecule has 0 aromatic heterocycles. The molecule has 3 aromatic rings. The van der Waals surface area contributed by atoms with E-state index < -0.39 is 10.1 Å². The first-order valence-corrected chi connectivity index (χ1v) is 10.9. The van der Waals surface area contributed by atoms with E-state index in [0.717, 1.165) is 0 Å². The third-order valence-corrected chi connectivity index (χ3v) is 5.82. The molecule has 0 unspecified atom stereocenters. The molecule has 3 rings (SSSR count). The number of hydrogen-bond acceptors (Lipinski definition) is 6. The van der Waals surface area contributed by atoms with Crippen LogP contribution in [0.15, 0.2) is 77.7 Å². The molecule has 6 nitrogen and oxygen atoms in total. The van der Waals surface area contributed by atoms with E-state index in [4.69, 9.17) is 25.3 Å². The number of halogens is 1. The van der Waals surface area contributed by atoms with Crippen LogP contribution in [-0.2, 0) is 10.1 Å². The van der Waals surface area contributed by atoms with Crippen molar-refractivity contribution in [2.75, 3.05) is 14.2 Å². The molecule has 0 spiro atoms. The second kappa shape index (κ2) is 9.68. The Hall–Kier alpha value is -3.29. The zero-order valence-electron chi connectivity index (χ0n) is 16.7. The Kier molecular flexibility index (Phi) is 6.99. The molecule has 3 aromatic carbocycles. The van der Waals surface area contributed by atoms with Crippen molar-refractivity contribution in [3.63, 3.8) is 0 Å². The van der Waals surface area contributed by atoms with E-state index in [9.17, 15) is 13.2 Å². The van der Waals surface area contributed by atoms with Crippen LogP contribution in [0.4, 0.5) is 0 Å². The third kappa shape index (κ3) is 5.65. The van der Waals surface area contributed by atoms with Gasteiger partial charge in [-0.2, -0.15) is 8.42 Å². The zero-order valence-corrected chi connectivity index (χ0v) is 18.3. The molecular formula is C23H19ClO6S. The van der Waals surface area contributed by atoms with Gasteiger partial charge in [-0.3, -0.25) is 4.79 Å². The molecule has 0 saturated heterocycles. The molecule has 0 atom stereocenters. The molecule has 0 bridgehead atoms. The summed E-state index contributed by atoms with van der Waals surface area (Å²) in [6, 6.07) is 16.7. The van der Waals surface area contributed by atoms with Crippen molar-refractivity contribution >= 4 is 33.6 Å². The molecule has 0 N–H and O–H groups in total. The first kappa shape index (κ1) is 22.4. The lowest BCUT2D eigenvalue weighted by Gasteiger charge is -2.08. The fraction of sp³-hybridized carbons (Fsp3) is 0.0870. The Morgan fingerprint density at radius 2 is 1.52 bits per heavy atom. The standard InChI is InChI=1S/C23H19ClO6S/c1-28-20-11-5-17(23(15-20)29-2)6-14-22(25)16-3-9-19(10-4-16)30-31(26,27)21-12-7-18(24)8-13-21/h3-15H,1-2H3. The molecule has 0 amide bonds. The van der Waals surface area contributed by atoms with Crippen LogP contribution in [0.2, 0.25) is 5.02 Å². The number of ether oxygens (including phenoxy) is 2. The predicted molar refractivity (Wildman–Crippen MR) is 119 cm³/mol. The lowest BCUT2D eigenvalue weighted by Crippen LogP contribution is -2.09. The number of hydrogen-bond donors (Lipinski definition) is 0. The van der Waals surface area contributed by atoms with Gasteiger partial charge in [0.15, 0.2) is 5.78 Å². The minimum absolute atomic E-state index is 0.0200. The second-order valence-corrected chi connectivity index (χ2v) is 8.30. The zero-order chi connectivity index (χ0) is 22.4. The van der Waals surface area contributed by atoms with Crippen LogP contribution in [0, 0.1) is 0 Å². The van der Waals surface area contributed by atoms with Crippen molar-refractivity contribution < 1.29 is 26.9 Å². The Morgan fingerprint density at radius 3 is 2.13 bits per heavy atom. The summed E-state index contributed by atoms with van der Waals surface area (Å²) in [6.45, 7) is 0. The van der Waals surface area contributed by atoms with Crippen molar-refractivity contribution in [3.8, 4) is 17.2 Å². The fourth-order valence-corrected chi connectivity index (χ4v) is 3.72. The minimum atomic E-state index is -4.00. The summed E-state index contributed by atoms with van der Waals surface area (Å²) in [5.74, 6) is 1.04. The van der Waals surface area contributed by atoms with Crippen molar-refractivity contribution in [1.29, 1.82) is 0 Å². The topological polar surface area (TPSA) is 78.9 Å². The lowest BCUT2D eigenvalue weighted by molar-refractivity contribution is 0.104. The van der Waals surface area contributed by atoms with Gasteiger partial charge in [0.05, 0.1) is 14.2 Å². The molecular weight excluding hydrogens is 440 g/mol. The van der Waals surface area contributed by atoms with Crippen LogP contribution >= 0.6 is 11.6 Å². The molecule has 8 heteroatoms. The molecule has 160 valence electrons. The highest BCUT2D eigenvalue weighted by Gasteiger charge is 2.16. The summed E-state index contributed by atoms with van der Waals surface area (Å²) in [5, 5.41) is 0.419. The van der Waals surface area contributed by atoms with E-state index in [0.29, 0.717) is 27.6 Å². The highest BCUT2D eigenvalue weighted by molar-refractivity contribution is 7.87. The van der Waals surface area contributed by atoms with Gasteiger partial charge in [0, 0.05) is 22.2 Å². The van der Waals surface area contributed by atoms with E-state index in [1.54, 1.807) is 31.4 Å². The van der Waals surface area contributed by atoms with Crippen molar-refractivity contribution in [2.24, 2.45) is 0 Å². The maximum Gasteiger partial charge on any atom is 0.339 e. The summed E-state index contributed by atoms with van der Waals surface area (Å²) >= 11 is 5.78. The van der Waals surface area contributed by atoms with Gasteiger partial charge in [-0.15, -0.1) is 0 Å². The van der Waals surface area contributed by atoms with Gasteiger partial charge < -0.3 is 13.7 Å².